The molecule has 5 aromatic rings. The van der Waals surface area contributed by atoms with Crippen LogP contribution in [0.25, 0.3) is 10.9 Å². The highest BCUT2D eigenvalue weighted by atomic mass is 32.2. The molecule has 3 aromatic carbocycles. The molecule has 2 amide bonds. The molecule has 12 nitrogen and oxygen atoms in total. The summed E-state index contributed by atoms with van der Waals surface area (Å²) in [7, 11) is -1.97. The summed E-state index contributed by atoms with van der Waals surface area (Å²) in [4.78, 5) is 32.2. The number of rotatable bonds is 7. The molecular formula is C30H28FN7O5S. The van der Waals surface area contributed by atoms with E-state index in [0.717, 1.165) is 19.2 Å². The van der Waals surface area contributed by atoms with Crippen molar-refractivity contribution in [3.8, 4) is 0 Å². The van der Waals surface area contributed by atoms with Crippen LogP contribution in [0.5, 0.6) is 0 Å². The third-order valence-corrected chi connectivity index (χ3v) is 9.13. The Labute approximate surface area is 251 Å². The Balaban J connectivity index is 1.33. The smallest absolute Gasteiger partial charge is 0.277 e. The number of aryl methyl sites for hydroxylation is 1. The molecule has 1 saturated heterocycles. The number of piperazine rings is 1. The van der Waals surface area contributed by atoms with E-state index in [2.05, 4.69) is 30.8 Å². The SMILES string of the molecule is Cc1cc(C(=O)Nc2cccc(N3CCN(C)CC3)c2C(=O)Nn2ncc3cc(S(=O)(=O)c4cccc(F)c4)ccc32)no1. The minimum atomic E-state index is -4.00. The van der Waals surface area contributed by atoms with E-state index in [4.69, 9.17) is 4.52 Å². The van der Waals surface area contributed by atoms with Crippen LogP contribution in [0.2, 0.25) is 0 Å². The molecule has 2 aromatic heterocycles. The van der Waals surface area contributed by atoms with Gasteiger partial charge in [-0.25, -0.2) is 18.2 Å². The van der Waals surface area contributed by atoms with E-state index >= 15 is 0 Å². The van der Waals surface area contributed by atoms with Crippen LogP contribution in [0, 0.1) is 12.7 Å². The molecule has 1 aliphatic rings. The van der Waals surface area contributed by atoms with E-state index in [1.165, 1.54) is 53.5 Å². The fraction of sp³-hybridized carbons (Fsp3) is 0.200. The minimum Gasteiger partial charge on any atom is -0.368 e. The number of hydrogen-bond acceptors (Lipinski definition) is 9. The first-order valence-corrected chi connectivity index (χ1v) is 15.2. The molecule has 6 rings (SSSR count). The van der Waals surface area contributed by atoms with Gasteiger partial charge >= 0.3 is 0 Å². The molecule has 0 aliphatic carbocycles. The second kappa shape index (κ2) is 11.5. The zero-order valence-electron chi connectivity index (χ0n) is 23.8. The number of fused-ring (bicyclic) bond motifs is 1. The molecule has 1 aliphatic heterocycles. The van der Waals surface area contributed by atoms with Gasteiger partial charge in [0, 0.05) is 37.6 Å². The minimum absolute atomic E-state index is 0.0463. The summed E-state index contributed by atoms with van der Waals surface area (Å²) in [5.74, 6) is -1.28. The van der Waals surface area contributed by atoms with E-state index in [0.29, 0.717) is 35.4 Å². The van der Waals surface area contributed by atoms with Crippen molar-refractivity contribution in [2.45, 2.75) is 16.7 Å². The molecule has 0 spiro atoms. The van der Waals surface area contributed by atoms with Gasteiger partial charge in [-0.2, -0.15) is 9.89 Å². The number of sulfone groups is 1. The quantitative estimate of drug-likeness (QED) is 0.280. The summed E-state index contributed by atoms with van der Waals surface area (Å²) >= 11 is 0. The fourth-order valence-electron chi connectivity index (χ4n) is 5.04. The van der Waals surface area contributed by atoms with E-state index in [1.807, 2.05) is 13.1 Å². The van der Waals surface area contributed by atoms with Gasteiger partial charge in [0.1, 0.15) is 11.6 Å². The lowest BCUT2D eigenvalue weighted by molar-refractivity contribution is 0.101. The molecular weight excluding hydrogens is 589 g/mol. The van der Waals surface area contributed by atoms with Crippen molar-refractivity contribution >= 4 is 43.9 Å². The van der Waals surface area contributed by atoms with Crippen molar-refractivity contribution in [3.05, 3.63) is 95.8 Å². The number of nitrogens with zero attached hydrogens (tertiary/aromatic N) is 5. The van der Waals surface area contributed by atoms with Gasteiger partial charge in [0.2, 0.25) is 9.84 Å². The Morgan fingerprint density at radius 2 is 1.68 bits per heavy atom. The number of amides is 2. The first kappa shape index (κ1) is 29.0. The Morgan fingerprint density at radius 1 is 0.932 bits per heavy atom. The maximum absolute atomic E-state index is 13.9. The lowest BCUT2D eigenvalue weighted by Gasteiger charge is -2.35. The Hall–Kier alpha value is -5.08. The molecule has 1 fully saturated rings. The summed E-state index contributed by atoms with van der Waals surface area (Å²) in [6, 6.07) is 15.8. The number of carbonyl (C=O) groups excluding carboxylic acids is 2. The van der Waals surface area contributed by atoms with Crippen molar-refractivity contribution < 1.29 is 26.9 Å². The normalized spacial score (nSPS) is 14.1. The molecule has 14 heteroatoms. The second-order valence-electron chi connectivity index (χ2n) is 10.4. The summed E-state index contributed by atoms with van der Waals surface area (Å²) in [5, 5.41) is 11.3. The van der Waals surface area contributed by atoms with Crippen LogP contribution < -0.4 is 15.6 Å². The summed E-state index contributed by atoms with van der Waals surface area (Å²) < 4.78 is 45.0. The standard InChI is InChI=1S/C30H28FN7O5S/c1-19-15-25(35-43-19)29(39)33-24-7-4-8-27(37-13-11-36(2)12-14-37)28(24)30(40)34-38-26-10-9-23(16-20(26)18-32-38)44(41,42)22-6-3-5-21(31)17-22/h3-10,15-18H,11-14H2,1-2H3,(H,33,39)(H,34,40). The van der Waals surface area contributed by atoms with Crippen LogP contribution in [0.15, 0.2) is 87.2 Å². The fourth-order valence-corrected chi connectivity index (χ4v) is 6.37. The number of hydrogen-bond donors (Lipinski definition) is 2. The van der Waals surface area contributed by atoms with Gasteiger partial charge in [0.25, 0.3) is 11.8 Å². The number of likely N-dealkylation sites (N-methyl/N-ethyl adjacent to an activating group) is 1. The molecule has 0 saturated carbocycles. The predicted molar refractivity (Wildman–Crippen MR) is 161 cm³/mol. The molecule has 3 heterocycles. The zero-order valence-corrected chi connectivity index (χ0v) is 24.6. The van der Waals surface area contributed by atoms with Crippen molar-refractivity contribution in [2.75, 3.05) is 48.9 Å². The number of halogens is 1. The van der Waals surface area contributed by atoms with Crippen molar-refractivity contribution in [1.82, 2.24) is 19.9 Å². The zero-order chi connectivity index (χ0) is 31.0. The maximum Gasteiger partial charge on any atom is 0.277 e. The number of benzene rings is 3. The Morgan fingerprint density at radius 3 is 2.41 bits per heavy atom. The van der Waals surface area contributed by atoms with Crippen LogP contribution in [0.1, 0.15) is 26.6 Å². The Bertz CT molecular complexity index is 2000. The highest BCUT2D eigenvalue weighted by molar-refractivity contribution is 7.91. The molecule has 44 heavy (non-hydrogen) atoms. The van der Waals surface area contributed by atoms with Crippen molar-refractivity contribution in [3.63, 3.8) is 0 Å². The first-order valence-electron chi connectivity index (χ1n) is 13.7. The average molecular weight is 618 g/mol. The highest BCUT2D eigenvalue weighted by Crippen LogP contribution is 2.30. The van der Waals surface area contributed by atoms with Gasteiger partial charge < -0.3 is 19.6 Å². The van der Waals surface area contributed by atoms with E-state index < -0.39 is 27.5 Å². The lowest BCUT2D eigenvalue weighted by Crippen LogP contribution is -2.45. The average Bonchev–Trinajstić information content (AvgIpc) is 3.63. The third kappa shape index (κ3) is 5.64. The number of aromatic nitrogens is 3. The number of carbonyl (C=O) groups is 2. The van der Waals surface area contributed by atoms with Gasteiger partial charge in [-0.1, -0.05) is 17.3 Å². The van der Waals surface area contributed by atoms with Crippen LogP contribution >= 0.6 is 0 Å². The molecule has 2 N–H and O–H groups in total. The third-order valence-electron chi connectivity index (χ3n) is 7.39. The van der Waals surface area contributed by atoms with Gasteiger partial charge in [0.05, 0.1) is 38.4 Å². The molecule has 0 radical (unpaired) electrons. The van der Waals surface area contributed by atoms with Gasteiger partial charge in [-0.05, 0) is 62.5 Å². The molecule has 0 unspecified atom stereocenters. The van der Waals surface area contributed by atoms with E-state index in [-0.39, 0.29) is 26.7 Å². The monoisotopic (exact) mass is 617 g/mol. The largest absolute Gasteiger partial charge is 0.368 e. The van der Waals surface area contributed by atoms with Crippen LogP contribution in [-0.4, -0.2) is 73.4 Å². The summed E-state index contributed by atoms with van der Waals surface area (Å²) in [5.41, 5.74) is 4.39. The van der Waals surface area contributed by atoms with Gasteiger partial charge in [-0.15, -0.1) is 0 Å². The van der Waals surface area contributed by atoms with E-state index in [1.54, 1.807) is 19.1 Å². The molecule has 0 atom stereocenters. The Kier molecular flexibility index (Phi) is 7.61. The lowest BCUT2D eigenvalue weighted by atomic mass is 10.1. The van der Waals surface area contributed by atoms with Crippen LogP contribution in [-0.2, 0) is 9.84 Å². The highest BCUT2D eigenvalue weighted by Gasteiger charge is 2.26. The molecule has 0 bridgehead atoms. The molecule has 226 valence electrons. The van der Waals surface area contributed by atoms with E-state index in [9.17, 15) is 22.4 Å². The van der Waals surface area contributed by atoms with Gasteiger partial charge in [0.15, 0.2) is 5.69 Å². The van der Waals surface area contributed by atoms with Crippen molar-refractivity contribution in [1.29, 1.82) is 0 Å². The number of anilines is 2. The van der Waals surface area contributed by atoms with Crippen LogP contribution in [0.4, 0.5) is 15.8 Å². The number of nitrogens with one attached hydrogen (secondary N) is 2. The second-order valence-corrected chi connectivity index (χ2v) is 12.4. The van der Waals surface area contributed by atoms with Crippen LogP contribution in [0.3, 0.4) is 0 Å². The summed E-state index contributed by atoms with van der Waals surface area (Å²) in [6.45, 7) is 4.60. The predicted octanol–water partition coefficient (Wildman–Crippen LogP) is 3.69. The topological polar surface area (TPSA) is 143 Å². The van der Waals surface area contributed by atoms with Crippen molar-refractivity contribution in [2.24, 2.45) is 0 Å². The summed E-state index contributed by atoms with van der Waals surface area (Å²) in [6.07, 6.45) is 1.42. The maximum atomic E-state index is 13.9. The first-order chi connectivity index (χ1) is 21.1. The van der Waals surface area contributed by atoms with Gasteiger partial charge in [-0.3, -0.25) is 9.59 Å².